The van der Waals surface area contributed by atoms with Gasteiger partial charge >= 0.3 is 5.97 Å². The molecule has 1 amide bonds. The summed E-state index contributed by atoms with van der Waals surface area (Å²) in [5.41, 5.74) is 0. The van der Waals surface area contributed by atoms with E-state index in [9.17, 15) is 18.0 Å². The molecule has 26 heavy (non-hydrogen) atoms. The first-order valence-electron chi connectivity index (χ1n) is 7.59. The van der Waals surface area contributed by atoms with Crippen LogP contribution in [-0.4, -0.2) is 40.1 Å². The standard InChI is InChI=1S/C16H18N2O7S/c17-26(21,22)13-5-3-12(4-6-13)23-10-11-25-15(19)7-8-18-16(20)14-2-1-9-24-14/h1-6,9H,7-8,10-11H2,(H,18,20)(H2,17,21,22). The lowest BCUT2D eigenvalue weighted by Gasteiger charge is -2.08. The number of hydrogen-bond donors (Lipinski definition) is 2. The molecule has 0 aliphatic heterocycles. The van der Waals surface area contributed by atoms with Crippen LogP contribution in [0.25, 0.3) is 0 Å². The number of nitrogens with one attached hydrogen (secondary N) is 1. The van der Waals surface area contributed by atoms with Crippen LogP contribution in [0.3, 0.4) is 0 Å². The maximum Gasteiger partial charge on any atom is 0.307 e. The first kappa shape index (κ1) is 19.5. The minimum Gasteiger partial charge on any atom is -0.490 e. The third-order valence-corrected chi connectivity index (χ3v) is 4.06. The number of nitrogens with two attached hydrogens (primary N) is 1. The second kappa shape index (κ2) is 9.02. The number of hydrogen-bond acceptors (Lipinski definition) is 7. The Balaban J connectivity index is 1.60. The Hall–Kier alpha value is -2.85. The molecule has 2 aromatic rings. The molecular weight excluding hydrogens is 364 g/mol. The van der Waals surface area contributed by atoms with Crippen molar-refractivity contribution in [1.82, 2.24) is 5.32 Å². The highest BCUT2D eigenvalue weighted by Gasteiger charge is 2.10. The molecule has 0 aliphatic carbocycles. The van der Waals surface area contributed by atoms with Gasteiger partial charge in [-0.15, -0.1) is 0 Å². The lowest BCUT2D eigenvalue weighted by molar-refractivity contribution is -0.144. The van der Waals surface area contributed by atoms with Gasteiger partial charge in [-0.25, -0.2) is 13.6 Å². The molecule has 10 heteroatoms. The number of esters is 1. The van der Waals surface area contributed by atoms with Crippen molar-refractivity contribution in [3.05, 3.63) is 48.4 Å². The Labute approximate surface area is 150 Å². The topological polar surface area (TPSA) is 138 Å². The van der Waals surface area contributed by atoms with Crippen molar-refractivity contribution in [2.24, 2.45) is 5.14 Å². The number of rotatable bonds is 9. The second-order valence-corrected chi connectivity index (χ2v) is 6.63. The summed E-state index contributed by atoms with van der Waals surface area (Å²) in [7, 11) is -3.75. The van der Waals surface area contributed by atoms with Crippen molar-refractivity contribution < 1.29 is 31.9 Å². The molecule has 0 radical (unpaired) electrons. The van der Waals surface area contributed by atoms with Gasteiger partial charge in [-0.05, 0) is 36.4 Å². The van der Waals surface area contributed by atoms with Gasteiger partial charge < -0.3 is 19.2 Å². The van der Waals surface area contributed by atoms with Gasteiger partial charge in [0.2, 0.25) is 10.0 Å². The fourth-order valence-electron chi connectivity index (χ4n) is 1.89. The molecule has 0 saturated heterocycles. The smallest absolute Gasteiger partial charge is 0.307 e. The summed E-state index contributed by atoms with van der Waals surface area (Å²) in [5.74, 6) is -0.314. The number of ether oxygens (including phenoxy) is 2. The van der Waals surface area contributed by atoms with Crippen LogP contribution < -0.4 is 15.2 Å². The predicted molar refractivity (Wildman–Crippen MR) is 89.9 cm³/mol. The predicted octanol–water partition coefficient (Wildman–Crippen LogP) is 0.669. The first-order chi connectivity index (χ1) is 12.4. The zero-order valence-corrected chi connectivity index (χ0v) is 14.5. The number of furan rings is 1. The van der Waals surface area contributed by atoms with E-state index in [4.69, 9.17) is 19.0 Å². The Morgan fingerprint density at radius 3 is 2.46 bits per heavy atom. The van der Waals surface area contributed by atoms with E-state index in [0.717, 1.165) is 0 Å². The number of carbonyl (C=O) groups excluding carboxylic acids is 2. The number of benzene rings is 1. The summed E-state index contributed by atoms with van der Waals surface area (Å²) >= 11 is 0. The summed E-state index contributed by atoms with van der Waals surface area (Å²) < 4.78 is 37.4. The van der Waals surface area contributed by atoms with E-state index < -0.39 is 21.9 Å². The van der Waals surface area contributed by atoms with Gasteiger partial charge in [0.05, 0.1) is 17.6 Å². The molecule has 140 valence electrons. The largest absolute Gasteiger partial charge is 0.490 e. The van der Waals surface area contributed by atoms with E-state index in [1.807, 2.05) is 0 Å². The zero-order valence-electron chi connectivity index (χ0n) is 13.7. The summed E-state index contributed by atoms with van der Waals surface area (Å²) in [6.45, 7) is 0.232. The number of sulfonamides is 1. The monoisotopic (exact) mass is 382 g/mol. The molecule has 9 nitrogen and oxygen atoms in total. The lowest BCUT2D eigenvalue weighted by atomic mass is 10.3. The highest BCUT2D eigenvalue weighted by atomic mass is 32.2. The molecular formula is C16H18N2O7S. The fourth-order valence-corrected chi connectivity index (χ4v) is 2.40. The van der Waals surface area contributed by atoms with Gasteiger partial charge in [-0.3, -0.25) is 9.59 Å². The molecule has 0 aliphatic rings. The maximum absolute atomic E-state index is 11.6. The Morgan fingerprint density at radius 1 is 1.12 bits per heavy atom. The van der Waals surface area contributed by atoms with E-state index in [1.54, 1.807) is 6.07 Å². The van der Waals surface area contributed by atoms with E-state index in [-0.39, 0.29) is 36.8 Å². The maximum atomic E-state index is 11.6. The molecule has 0 atom stereocenters. The molecule has 0 bridgehead atoms. The van der Waals surface area contributed by atoms with Crippen LogP contribution in [0.4, 0.5) is 0 Å². The molecule has 0 unspecified atom stereocenters. The van der Waals surface area contributed by atoms with Crippen LogP contribution in [0, 0.1) is 0 Å². The third kappa shape index (κ3) is 6.22. The molecule has 1 aromatic heterocycles. The zero-order chi connectivity index (χ0) is 19.0. The second-order valence-electron chi connectivity index (χ2n) is 5.07. The van der Waals surface area contributed by atoms with E-state index in [1.165, 1.54) is 36.6 Å². The van der Waals surface area contributed by atoms with Crippen molar-refractivity contribution in [2.75, 3.05) is 19.8 Å². The van der Waals surface area contributed by atoms with Crippen molar-refractivity contribution in [1.29, 1.82) is 0 Å². The summed E-state index contributed by atoms with van der Waals surface area (Å²) in [6.07, 6.45) is 1.39. The third-order valence-electron chi connectivity index (χ3n) is 3.13. The highest BCUT2D eigenvalue weighted by molar-refractivity contribution is 7.89. The normalized spacial score (nSPS) is 11.0. The molecule has 1 heterocycles. The number of amides is 1. The van der Waals surface area contributed by atoms with Crippen LogP contribution in [-0.2, 0) is 19.6 Å². The quantitative estimate of drug-likeness (QED) is 0.480. The summed E-state index contributed by atoms with van der Waals surface area (Å²) in [5, 5.41) is 7.52. The van der Waals surface area contributed by atoms with Crippen molar-refractivity contribution in [2.45, 2.75) is 11.3 Å². The number of carbonyl (C=O) groups is 2. The Kier molecular flexibility index (Phi) is 6.75. The van der Waals surface area contributed by atoms with Crippen LogP contribution in [0.2, 0.25) is 0 Å². The van der Waals surface area contributed by atoms with Gasteiger partial charge in [0.15, 0.2) is 5.76 Å². The van der Waals surface area contributed by atoms with Gasteiger partial charge in [0, 0.05) is 6.54 Å². The molecule has 0 spiro atoms. The van der Waals surface area contributed by atoms with Crippen LogP contribution in [0.5, 0.6) is 5.75 Å². The van der Waals surface area contributed by atoms with Crippen LogP contribution >= 0.6 is 0 Å². The summed E-state index contributed by atoms with van der Waals surface area (Å²) in [4.78, 5) is 23.1. The minimum absolute atomic E-state index is 0.00943. The first-order valence-corrected chi connectivity index (χ1v) is 9.14. The number of primary sulfonamides is 1. The van der Waals surface area contributed by atoms with Gasteiger partial charge in [-0.1, -0.05) is 0 Å². The Morgan fingerprint density at radius 2 is 1.85 bits per heavy atom. The average Bonchev–Trinajstić information content (AvgIpc) is 3.13. The van der Waals surface area contributed by atoms with Crippen LogP contribution in [0.15, 0.2) is 52.0 Å². The molecule has 2 rings (SSSR count). The Bertz CT molecular complexity index is 830. The van der Waals surface area contributed by atoms with Crippen molar-refractivity contribution in [3.8, 4) is 5.75 Å². The molecule has 0 saturated carbocycles. The fraction of sp³-hybridized carbons (Fsp3) is 0.250. The SMILES string of the molecule is NS(=O)(=O)c1ccc(OCCOC(=O)CCNC(=O)c2ccco2)cc1. The van der Waals surface area contributed by atoms with Crippen LogP contribution in [0.1, 0.15) is 17.0 Å². The van der Waals surface area contributed by atoms with E-state index >= 15 is 0 Å². The average molecular weight is 382 g/mol. The molecule has 3 N–H and O–H groups in total. The van der Waals surface area contributed by atoms with Crippen molar-refractivity contribution in [3.63, 3.8) is 0 Å². The molecule has 0 fully saturated rings. The van der Waals surface area contributed by atoms with Crippen molar-refractivity contribution >= 4 is 21.9 Å². The van der Waals surface area contributed by atoms with Gasteiger partial charge in [-0.2, -0.15) is 0 Å². The summed E-state index contributed by atoms with van der Waals surface area (Å²) in [6, 6.07) is 8.64. The van der Waals surface area contributed by atoms with Gasteiger partial charge in [0.1, 0.15) is 19.0 Å². The van der Waals surface area contributed by atoms with E-state index in [2.05, 4.69) is 5.32 Å². The molecule has 1 aromatic carbocycles. The lowest BCUT2D eigenvalue weighted by Crippen LogP contribution is -2.26. The highest BCUT2D eigenvalue weighted by Crippen LogP contribution is 2.14. The minimum atomic E-state index is -3.75. The van der Waals surface area contributed by atoms with Gasteiger partial charge in [0.25, 0.3) is 5.91 Å². The van der Waals surface area contributed by atoms with E-state index in [0.29, 0.717) is 5.75 Å².